The average Bonchev–Trinajstić information content (AvgIpc) is 3.34. The molecule has 1 aromatic carbocycles. The number of carbonyl (C=O) groups excluding carboxylic acids is 4. The first-order valence-corrected chi connectivity index (χ1v) is 11.3. The number of H-pyrrole nitrogens is 1. The van der Waals surface area contributed by atoms with Crippen molar-refractivity contribution >= 4 is 29.6 Å². The summed E-state index contributed by atoms with van der Waals surface area (Å²) in [7, 11) is 0. The number of hydrogen-bond acceptors (Lipinski definition) is 8. The van der Waals surface area contributed by atoms with Crippen LogP contribution in [0.3, 0.4) is 0 Å². The lowest BCUT2D eigenvalue weighted by molar-refractivity contribution is -0.143. The van der Waals surface area contributed by atoms with Crippen LogP contribution >= 0.6 is 0 Å². The van der Waals surface area contributed by atoms with Crippen molar-refractivity contribution in [1.82, 2.24) is 25.9 Å². The van der Waals surface area contributed by atoms with E-state index in [1.165, 1.54) is 19.4 Å². The third-order valence-corrected chi connectivity index (χ3v) is 5.33. The number of primary amides is 1. The lowest BCUT2D eigenvalue weighted by atomic mass is 10.0. The van der Waals surface area contributed by atoms with Gasteiger partial charge in [-0.05, 0) is 12.5 Å². The van der Waals surface area contributed by atoms with Gasteiger partial charge in [0.2, 0.25) is 23.6 Å². The van der Waals surface area contributed by atoms with Crippen molar-refractivity contribution in [2.75, 3.05) is 0 Å². The van der Waals surface area contributed by atoms with Crippen LogP contribution in [0.1, 0.15) is 24.6 Å². The third-order valence-electron chi connectivity index (χ3n) is 5.33. The first-order chi connectivity index (χ1) is 17.5. The number of aromatic amines is 1. The lowest BCUT2D eigenvalue weighted by Crippen LogP contribution is -2.60. The Labute approximate surface area is 212 Å². The second-order valence-electron chi connectivity index (χ2n) is 8.44. The summed E-state index contributed by atoms with van der Waals surface area (Å²) >= 11 is 0. The quantitative estimate of drug-likeness (QED) is 0.130. The fraction of sp³-hybridized carbons (Fsp3) is 0.391. The van der Waals surface area contributed by atoms with Crippen LogP contribution in [-0.2, 0) is 36.8 Å². The number of aliphatic hydroxyl groups is 1. The van der Waals surface area contributed by atoms with Crippen LogP contribution < -0.4 is 27.4 Å². The molecule has 2 rings (SSSR count). The Morgan fingerprint density at radius 2 is 1.62 bits per heavy atom. The zero-order valence-corrected chi connectivity index (χ0v) is 20.1. The lowest BCUT2D eigenvalue weighted by Gasteiger charge is -2.26. The second-order valence-corrected chi connectivity index (χ2v) is 8.44. The molecule has 200 valence electrons. The Morgan fingerprint density at radius 1 is 0.973 bits per heavy atom. The largest absolute Gasteiger partial charge is 0.480 e. The summed E-state index contributed by atoms with van der Waals surface area (Å²) in [4.78, 5) is 68.0. The highest BCUT2D eigenvalue weighted by atomic mass is 16.4. The predicted octanol–water partition coefficient (Wildman–Crippen LogP) is -2.68. The first-order valence-electron chi connectivity index (χ1n) is 11.3. The maximum atomic E-state index is 12.9. The molecule has 0 bridgehead atoms. The van der Waals surface area contributed by atoms with E-state index >= 15 is 0 Å². The van der Waals surface area contributed by atoms with E-state index < -0.39 is 66.3 Å². The molecule has 0 radical (unpaired) electrons. The minimum atomic E-state index is -1.60. The van der Waals surface area contributed by atoms with Crippen molar-refractivity contribution < 1.29 is 34.2 Å². The molecular formula is C23H31N7O7. The summed E-state index contributed by atoms with van der Waals surface area (Å²) in [5.74, 6) is -5.00. The number of carbonyl (C=O) groups is 5. The summed E-state index contributed by atoms with van der Waals surface area (Å²) in [6.45, 7) is 1.21. The van der Waals surface area contributed by atoms with Crippen LogP contribution in [0.2, 0.25) is 0 Å². The summed E-state index contributed by atoms with van der Waals surface area (Å²) in [5, 5.41) is 26.5. The Balaban J connectivity index is 2.09. The van der Waals surface area contributed by atoms with Gasteiger partial charge in [-0.15, -0.1) is 0 Å². The summed E-state index contributed by atoms with van der Waals surface area (Å²) < 4.78 is 0. The number of carboxylic acids is 1. The second kappa shape index (κ2) is 13.7. The van der Waals surface area contributed by atoms with Crippen molar-refractivity contribution in [3.8, 4) is 0 Å². The molecule has 0 saturated carbocycles. The summed E-state index contributed by atoms with van der Waals surface area (Å²) in [6, 6.07) is 2.98. The number of nitrogens with zero attached hydrogens (tertiary/aromatic N) is 1. The van der Waals surface area contributed by atoms with Gasteiger partial charge >= 0.3 is 5.97 Å². The molecule has 0 aliphatic carbocycles. The first kappa shape index (κ1) is 28.9. The van der Waals surface area contributed by atoms with E-state index in [0.29, 0.717) is 11.3 Å². The van der Waals surface area contributed by atoms with Crippen LogP contribution in [0.15, 0.2) is 42.9 Å². The standard InChI is InChI=1S/C23H31N7O7/c1-12(31)19(22(35)29-17(23(36)37)7-13-5-3-2-4-6-13)30-21(34)16(9-18(25)32)28-20(33)15(24)8-14-10-26-11-27-14/h2-6,10-12,15-17,19,31H,7-9,24H2,1H3,(H2,25,32)(H,26,27)(H,28,33)(H,29,35)(H,30,34)(H,36,37). The Bertz CT molecular complexity index is 1080. The zero-order chi connectivity index (χ0) is 27.5. The minimum Gasteiger partial charge on any atom is -0.480 e. The SMILES string of the molecule is CC(O)C(NC(=O)C(CC(N)=O)NC(=O)C(N)Cc1cnc[nH]1)C(=O)NC(Cc1ccccc1)C(=O)O. The smallest absolute Gasteiger partial charge is 0.326 e. The van der Waals surface area contributed by atoms with Crippen LogP contribution in [0, 0.1) is 0 Å². The van der Waals surface area contributed by atoms with Crippen molar-refractivity contribution in [2.24, 2.45) is 11.5 Å². The molecule has 10 N–H and O–H groups in total. The van der Waals surface area contributed by atoms with Gasteiger partial charge < -0.3 is 42.6 Å². The number of aliphatic carboxylic acids is 1. The maximum absolute atomic E-state index is 12.9. The third kappa shape index (κ3) is 9.35. The number of hydrogen-bond donors (Lipinski definition) is 8. The zero-order valence-electron chi connectivity index (χ0n) is 20.1. The van der Waals surface area contributed by atoms with E-state index in [-0.39, 0.29) is 12.8 Å². The molecule has 5 atom stereocenters. The van der Waals surface area contributed by atoms with Gasteiger partial charge in [-0.3, -0.25) is 19.2 Å². The number of nitrogens with two attached hydrogens (primary N) is 2. The van der Waals surface area contributed by atoms with E-state index in [4.69, 9.17) is 11.5 Å². The molecule has 0 spiro atoms. The highest BCUT2D eigenvalue weighted by molar-refractivity contribution is 5.96. The molecule has 14 nitrogen and oxygen atoms in total. The number of rotatable bonds is 14. The Kier molecular flexibility index (Phi) is 10.7. The van der Waals surface area contributed by atoms with Crippen LogP contribution in [0.25, 0.3) is 0 Å². The molecule has 37 heavy (non-hydrogen) atoms. The summed E-state index contributed by atoms with van der Waals surface area (Å²) in [5.41, 5.74) is 12.3. The molecule has 0 fully saturated rings. The van der Waals surface area contributed by atoms with Crippen LogP contribution in [0.5, 0.6) is 0 Å². The Hall–Kier alpha value is -4.30. The average molecular weight is 518 g/mol. The van der Waals surface area contributed by atoms with Crippen molar-refractivity contribution in [3.63, 3.8) is 0 Å². The van der Waals surface area contributed by atoms with E-state index in [0.717, 1.165) is 0 Å². The van der Waals surface area contributed by atoms with E-state index in [1.54, 1.807) is 30.3 Å². The highest BCUT2D eigenvalue weighted by Gasteiger charge is 2.33. The van der Waals surface area contributed by atoms with Crippen molar-refractivity contribution in [1.29, 1.82) is 0 Å². The normalized spacial score (nSPS) is 14.9. The van der Waals surface area contributed by atoms with Crippen LogP contribution in [0.4, 0.5) is 0 Å². The number of aliphatic hydroxyl groups excluding tert-OH is 1. The van der Waals surface area contributed by atoms with E-state index in [2.05, 4.69) is 25.9 Å². The molecule has 0 saturated heterocycles. The highest BCUT2D eigenvalue weighted by Crippen LogP contribution is 2.06. The van der Waals surface area contributed by atoms with Gasteiger partial charge in [0.1, 0.15) is 18.1 Å². The van der Waals surface area contributed by atoms with Gasteiger partial charge in [0, 0.05) is 24.7 Å². The Morgan fingerprint density at radius 3 is 2.16 bits per heavy atom. The maximum Gasteiger partial charge on any atom is 0.326 e. The van der Waals surface area contributed by atoms with Crippen molar-refractivity contribution in [3.05, 3.63) is 54.1 Å². The van der Waals surface area contributed by atoms with Gasteiger partial charge in [-0.2, -0.15) is 0 Å². The molecule has 14 heteroatoms. The number of nitrogens with one attached hydrogen (secondary N) is 4. The van der Waals surface area contributed by atoms with Crippen LogP contribution in [-0.4, -0.2) is 80.1 Å². The monoisotopic (exact) mass is 517 g/mol. The van der Waals surface area contributed by atoms with Crippen molar-refractivity contribution in [2.45, 2.75) is 56.5 Å². The number of aromatic nitrogens is 2. The molecule has 0 aliphatic heterocycles. The molecule has 0 aliphatic rings. The fourth-order valence-electron chi connectivity index (χ4n) is 3.39. The minimum absolute atomic E-state index is 0.0447. The molecule has 1 heterocycles. The van der Waals surface area contributed by atoms with Gasteiger partial charge in [0.05, 0.1) is 24.9 Å². The number of carboxylic acid groups (broad SMARTS) is 1. The number of amides is 4. The predicted molar refractivity (Wildman–Crippen MR) is 129 cm³/mol. The summed E-state index contributed by atoms with van der Waals surface area (Å²) in [6.07, 6.45) is 0.815. The topological polar surface area (TPSA) is 243 Å². The van der Waals surface area contributed by atoms with Gasteiger partial charge in [0.15, 0.2) is 0 Å². The fourth-order valence-corrected chi connectivity index (χ4v) is 3.39. The molecule has 5 unspecified atom stereocenters. The number of benzene rings is 1. The molecular weight excluding hydrogens is 486 g/mol. The van der Waals surface area contributed by atoms with Gasteiger partial charge in [-0.1, -0.05) is 30.3 Å². The molecule has 1 aromatic heterocycles. The van der Waals surface area contributed by atoms with Gasteiger partial charge in [-0.25, -0.2) is 9.78 Å². The molecule has 4 amide bonds. The number of imidazole rings is 1. The van der Waals surface area contributed by atoms with Gasteiger partial charge in [0.25, 0.3) is 0 Å². The molecule has 2 aromatic rings. The van der Waals surface area contributed by atoms with E-state index in [1.807, 2.05) is 0 Å². The van der Waals surface area contributed by atoms with E-state index in [9.17, 15) is 34.2 Å².